The van der Waals surface area contributed by atoms with Crippen molar-refractivity contribution in [2.24, 2.45) is 41.4 Å². The molecule has 8 atom stereocenters. The molecule has 0 amide bonds. The first-order valence-corrected chi connectivity index (χ1v) is 10.9. The molecule has 5 heteroatoms. The van der Waals surface area contributed by atoms with Crippen LogP contribution in [0, 0.1) is 41.4 Å². The Bertz CT molecular complexity index is 814. The zero-order valence-corrected chi connectivity index (χ0v) is 16.1. The molecule has 0 radical (unpaired) electrons. The Morgan fingerprint density at radius 3 is 2.96 bits per heavy atom. The summed E-state index contributed by atoms with van der Waals surface area (Å²) in [5.74, 6) is 5.48. The normalized spacial score (nSPS) is 43.5. The number of fused-ring (bicyclic) bond motifs is 6. The Hall–Kier alpha value is -1.85. The number of hydrogen-bond donors (Lipinski definition) is 2. The summed E-state index contributed by atoms with van der Waals surface area (Å²) >= 11 is 0. The monoisotopic (exact) mass is 380 g/mol. The molecule has 1 aromatic heterocycles. The highest BCUT2D eigenvalue weighted by molar-refractivity contribution is 5.87. The summed E-state index contributed by atoms with van der Waals surface area (Å²) in [7, 11) is 0. The van der Waals surface area contributed by atoms with Crippen LogP contribution in [0.3, 0.4) is 0 Å². The summed E-state index contributed by atoms with van der Waals surface area (Å²) in [6, 6.07) is 4.06. The molecular weight excluding hydrogens is 352 g/mol. The molecule has 2 heterocycles. The summed E-state index contributed by atoms with van der Waals surface area (Å²) in [4.78, 5) is 12.3. The van der Waals surface area contributed by atoms with Crippen molar-refractivity contribution in [1.82, 2.24) is 10.9 Å². The highest BCUT2D eigenvalue weighted by Crippen LogP contribution is 2.56. The van der Waals surface area contributed by atoms with Crippen molar-refractivity contribution in [1.29, 1.82) is 0 Å². The molecule has 1 aliphatic heterocycles. The van der Waals surface area contributed by atoms with Gasteiger partial charge in [0.2, 0.25) is 5.76 Å². The van der Waals surface area contributed by atoms with Gasteiger partial charge in [-0.25, -0.2) is 4.79 Å². The van der Waals surface area contributed by atoms with Gasteiger partial charge >= 0.3 is 5.97 Å². The fourth-order valence-electron chi connectivity index (χ4n) is 6.96. The van der Waals surface area contributed by atoms with E-state index in [-0.39, 0.29) is 17.6 Å². The Labute approximate surface area is 165 Å². The van der Waals surface area contributed by atoms with Gasteiger partial charge in [0.05, 0.1) is 6.26 Å². The second-order valence-electron chi connectivity index (χ2n) is 9.39. The van der Waals surface area contributed by atoms with Crippen LogP contribution in [0.4, 0.5) is 0 Å². The summed E-state index contributed by atoms with van der Waals surface area (Å²) in [6.07, 6.45) is 14.9. The lowest BCUT2D eigenvalue weighted by atomic mass is 9.54. The molecule has 28 heavy (non-hydrogen) atoms. The summed E-state index contributed by atoms with van der Waals surface area (Å²) in [5.41, 5.74) is 6.89. The van der Waals surface area contributed by atoms with E-state index in [1.54, 1.807) is 12.1 Å². The number of rotatable bonds is 2. The third-order valence-electron chi connectivity index (χ3n) is 8.22. The molecule has 3 fully saturated rings. The number of ether oxygens (including phenoxy) is 1. The zero-order valence-electron chi connectivity index (χ0n) is 16.1. The summed E-state index contributed by atoms with van der Waals surface area (Å²) < 4.78 is 10.9. The van der Waals surface area contributed by atoms with E-state index in [2.05, 4.69) is 29.1 Å². The van der Waals surface area contributed by atoms with E-state index in [0.29, 0.717) is 17.9 Å². The van der Waals surface area contributed by atoms with E-state index in [9.17, 15) is 4.79 Å². The lowest BCUT2D eigenvalue weighted by Gasteiger charge is -2.51. The van der Waals surface area contributed by atoms with Gasteiger partial charge in [-0.15, -0.1) is 0 Å². The van der Waals surface area contributed by atoms with Gasteiger partial charge in [-0.05, 0) is 85.8 Å². The van der Waals surface area contributed by atoms with Gasteiger partial charge in [0.1, 0.15) is 5.76 Å². The first kappa shape index (κ1) is 17.0. The molecule has 1 aromatic rings. The van der Waals surface area contributed by atoms with Crippen LogP contribution in [-0.4, -0.2) is 18.6 Å². The van der Waals surface area contributed by atoms with Crippen molar-refractivity contribution >= 4 is 5.97 Å². The maximum Gasteiger partial charge on any atom is 0.379 e. The number of carbonyl (C=O) groups is 1. The molecule has 0 spiro atoms. The summed E-state index contributed by atoms with van der Waals surface area (Å²) in [6.45, 7) is 1.12. The molecule has 5 aliphatic rings. The van der Waals surface area contributed by atoms with Gasteiger partial charge in [-0.3, -0.25) is 10.9 Å². The minimum atomic E-state index is -0.379. The molecule has 1 saturated heterocycles. The molecule has 5 nitrogen and oxygen atoms in total. The van der Waals surface area contributed by atoms with Crippen molar-refractivity contribution in [2.45, 2.75) is 38.1 Å². The van der Waals surface area contributed by atoms with Gasteiger partial charge in [0.15, 0.2) is 0 Å². The van der Waals surface area contributed by atoms with E-state index in [1.165, 1.54) is 31.9 Å². The molecule has 2 N–H and O–H groups in total. The maximum absolute atomic E-state index is 12.3. The van der Waals surface area contributed by atoms with Crippen LogP contribution in [0.25, 0.3) is 0 Å². The quantitative estimate of drug-likeness (QED) is 0.605. The van der Waals surface area contributed by atoms with Crippen LogP contribution in [0.5, 0.6) is 0 Å². The van der Waals surface area contributed by atoms with Crippen LogP contribution in [0.2, 0.25) is 0 Å². The minimum absolute atomic E-state index is 0.253. The lowest BCUT2D eigenvalue weighted by molar-refractivity contribution is 0.0146. The predicted octanol–water partition coefficient (Wildman–Crippen LogP) is 3.67. The molecule has 2 saturated carbocycles. The predicted molar refractivity (Wildman–Crippen MR) is 104 cm³/mol. The molecular formula is C23H28N2O3. The SMILES string of the molecule is O=C(OC1=CCC2C1C=CC1C3CC4CNNC4CC3CCC12)c1ccco1. The second-order valence-corrected chi connectivity index (χ2v) is 9.39. The van der Waals surface area contributed by atoms with E-state index >= 15 is 0 Å². The molecule has 4 aliphatic carbocycles. The topological polar surface area (TPSA) is 63.5 Å². The zero-order chi connectivity index (χ0) is 18.7. The first-order valence-electron chi connectivity index (χ1n) is 10.9. The van der Waals surface area contributed by atoms with E-state index in [4.69, 9.17) is 9.15 Å². The first-order chi connectivity index (χ1) is 13.8. The van der Waals surface area contributed by atoms with Crippen LogP contribution in [0.15, 0.2) is 46.8 Å². The number of esters is 1. The van der Waals surface area contributed by atoms with Crippen molar-refractivity contribution in [3.63, 3.8) is 0 Å². The van der Waals surface area contributed by atoms with Crippen molar-refractivity contribution in [2.75, 3.05) is 6.54 Å². The lowest BCUT2D eigenvalue weighted by Crippen LogP contribution is -2.47. The Morgan fingerprint density at radius 2 is 2.07 bits per heavy atom. The highest BCUT2D eigenvalue weighted by atomic mass is 16.5. The number of nitrogens with one attached hydrogen (secondary N) is 2. The molecule has 6 rings (SSSR count). The van der Waals surface area contributed by atoms with Crippen LogP contribution < -0.4 is 10.9 Å². The third kappa shape index (κ3) is 2.63. The maximum atomic E-state index is 12.3. The number of carbonyl (C=O) groups excluding carboxylic acids is 1. The minimum Gasteiger partial charge on any atom is -0.457 e. The van der Waals surface area contributed by atoms with Gasteiger partial charge in [-0.1, -0.05) is 12.2 Å². The second kappa shape index (κ2) is 6.60. The van der Waals surface area contributed by atoms with Gasteiger partial charge in [0, 0.05) is 18.5 Å². The van der Waals surface area contributed by atoms with Crippen LogP contribution in [-0.2, 0) is 4.74 Å². The van der Waals surface area contributed by atoms with Crippen LogP contribution >= 0.6 is 0 Å². The van der Waals surface area contributed by atoms with E-state index in [1.807, 2.05) is 0 Å². The van der Waals surface area contributed by atoms with Crippen molar-refractivity contribution in [3.05, 3.63) is 48.1 Å². The molecule has 0 aromatic carbocycles. The highest BCUT2D eigenvalue weighted by Gasteiger charge is 2.51. The summed E-state index contributed by atoms with van der Waals surface area (Å²) in [5, 5.41) is 0. The molecule has 148 valence electrons. The van der Waals surface area contributed by atoms with E-state index < -0.39 is 0 Å². The standard InChI is InChI=1S/C23H28N2O3/c26-23(22-2-1-9-27-22)28-21-8-7-16-15-4-3-13-11-20-14(12-24-25-20)10-19(13)17(15)5-6-18(16)21/h1-2,5-6,8-9,13-20,24-25H,3-4,7,10-12H2. The number of furan rings is 1. The fourth-order valence-corrected chi connectivity index (χ4v) is 6.96. The largest absolute Gasteiger partial charge is 0.457 e. The molecule has 0 bridgehead atoms. The Balaban J connectivity index is 1.19. The number of hydrogen-bond acceptors (Lipinski definition) is 5. The number of allylic oxidation sites excluding steroid dienone is 3. The van der Waals surface area contributed by atoms with Gasteiger partial charge in [-0.2, -0.15) is 0 Å². The average Bonchev–Trinajstić information content (AvgIpc) is 3.46. The number of hydrazine groups is 1. The third-order valence-corrected chi connectivity index (χ3v) is 8.22. The van der Waals surface area contributed by atoms with E-state index in [0.717, 1.165) is 42.4 Å². The van der Waals surface area contributed by atoms with Crippen LogP contribution in [0.1, 0.15) is 42.7 Å². The fraction of sp³-hybridized carbons (Fsp3) is 0.609. The van der Waals surface area contributed by atoms with Crippen molar-refractivity contribution < 1.29 is 13.9 Å². The Morgan fingerprint density at radius 1 is 1.11 bits per heavy atom. The Kier molecular flexibility index (Phi) is 4.02. The van der Waals surface area contributed by atoms with Crippen molar-refractivity contribution in [3.8, 4) is 0 Å². The smallest absolute Gasteiger partial charge is 0.379 e. The molecule has 8 unspecified atom stereocenters. The van der Waals surface area contributed by atoms with Gasteiger partial charge in [0.25, 0.3) is 0 Å². The average molecular weight is 380 g/mol. The van der Waals surface area contributed by atoms with Gasteiger partial charge < -0.3 is 9.15 Å².